The second-order valence-corrected chi connectivity index (χ2v) is 6.57. The van der Waals surface area contributed by atoms with E-state index < -0.39 is 0 Å². The van der Waals surface area contributed by atoms with Crippen molar-refractivity contribution >= 4 is 0 Å². The SMILES string of the molecule is CCCc1nc(-c2ccccc2)c(-c2ccccc2)c2c1CCC2. The third-order valence-electron chi connectivity index (χ3n) is 4.95. The van der Waals surface area contributed by atoms with Gasteiger partial charge in [-0.3, -0.25) is 4.98 Å². The third-order valence-corrected chi connectivity index (χ3v) is 4.95. The number of nitrogens with zero attached hydrogens (tertiary/aromatic N) is 1. The summed E-state index contributed by atoms with van der Waals surface area (Å²) in [5.41, 5.74) is 9.42. The number of aryl methyl sites for hydroxylation is 1. The van der Waals surface area contributed by atoms with E-state index in [9.17, 15) is 0 Å². The largest absolute Gasteiger partial charge is 0.252 e. The van der Waals surface area contributed by atoms with E-state index in [2.05, 4.69) is 67.6 Å². The van der Waals surface area contributed by atoms with Crippen molar-refractivity contribution in [1.82, 2.24) is 4.98 Å². The smallest absolute Gasteiger partial charge is 0.0786 e. The molecule has 0 N–H and O–H groups in total. The summed E-state index contributed by atoms with van der Waals surface area (Å²) in [7, 11) is 0. The summed E-state index contributed by atoms with van der Waals surface area (Å²) >= 11 is 0. The zero-order chi connectivity index (χ0) is 16.4. The predicted octanol–water partition coefficient (Wildman–Crippen LogP) is 5.86. The van der Waals surface area contributed by atoms with Crippen LogP contribution in [0.15, 0.2) is 60.7 Å². The highest BCUT2D eigenvalue weighted by Gasteiger charge is 2.24. The average Bonchev–Trinajstić information content (AvgIpc) is 3.13. The van der Waals surface area contributed by atoms with E-state index in [4.69, 9.17) is 4.98 Å². The molecule has 1 heteroatoms. The molecule has 2 aromatic carbocycles. The van der Waals surface area contributed by atoms with Crippen LogP contribution in [0.3, 0.4) is 0 Å². The van der Waals surface area contributed by atoms with Crippen molar-refractivity contribution in [2.24, 2.45) is 0 Å². The van der Waals surface area contributed by atoms with Crippen LogP contribution in [-0.2, 0) is 19.3 Å². The van der Waals surface area contributed by atoms with E-state index in [1.807, 2.05) is 0 Å². The fourth-order valence-electron chi connectivity index (χ4n) is 3.90. The van der Waals surface area contributed by atoms with Crippen molar-refractivity contribution < 1.29 is 0 Å². The maximum Gasteiger partial charge on any atom is 0.0786 e. The Balaban J connectivity index is 2.02. The van der Waals surface area contributed by atoms with Gasteiger partial charge in [0.05, 0.1) is 5.69 Å². The number of rotatable bonds is 4. The average molecular weight is 313 g/mol. The first-order valence-corrected chi connectivity index (χ1v) is 9.04. The minimum atomic E-state index is 1.08. The van der Waals surface area contributed by atoms with Crippen LogP contribution in [0.25, 0.3) is 22.4 Å². The van der Waals surface area contributed by atoms with Crippen molar-refractivity contribution in [2.45, 2.75) is 39.0 Å². The van der Waals surface area contributed by atoms with Crippen molar-refractivity contribution in [1.29, 1.82) is 0 Å². The van der Waals surface area contributed by atoms with Crippen LogP contribution in [0.5, 0.6) is 0 Å². The van der Waals surface area contributed by atoms with Crippen molar-refractivity contribution in [3.05, 3.63) is 77.5 Å². The van der Waals surface area contributed by atoms with Gasteiger partial charge < -0.3 is 0 Å². The molecule has 0 bridgehead atoms. The molecule has 0 unspecified atom stereocenters. The number of aromatic nitrogens is 1. The lowest BCUT2D eigenvalue weighted by molar-refractivity contribution is 0.852. The van der Waals surface area contributed by atoms with Gasteiger partial charge in [-0.05, 0) is 42.4 Å². The molecule has 1 heterocycles. The Hall–Kier alpha value is -2.41. The summed E-state index contributed by atoms with van der Waals surface area (Å²) < 4.78 is 0. The van der Waals surface area contributed by atoms with Crippen LogP contribution in [0.1, 0.15) is 36.6 Å². The molecule has 1 aliphatic carbocycles. The summed E-state index contributed by atoms with van der Waals surface area (Å²) in [5, 5.41) is 0. The fraction of sp³-hybridized carbons (Fsp3) is 0.261. The quantitative estimate of drug-likeness (QED) is 0.588. The maximum atomic E-state index is 5.18. The molecule has 0 amide bonds. The van der Waals surface area contributed by atoms with Gasteiger partial charge in [-0.2, -0.15) is 0 Å². The van der Waals surface area contributed by atoms with Gasteiger partial charge in [-0.15, -0.1) is 0 Å². The first-order valence-electron chi connectivity index (χ1n) is 9.04. The number of pyridine rings is 1. The number of hydrogen-bond donors (Lipinski definition) is 0. The molecule has 0 radical (unpaired) electrons. The normalized spacial score (nSPS) is 13.0. The second kappa shape index (κ2) is 6.60. The minimum Gasteiger partial charge on any atom is -0.252 e. The number of fused-ring (bicyclic) bond motifs is 1. The summed E-state index contributed by atoms with van der Waals surface area (Å²) in [6, 6.07) is 21.5. The maximum absolute atomic E-state index is 5.18. The molecule has 0 saturated carbocycles. The van der Waals surface area contributed by atoms with Crippen molar-refractivity contribution in [2.75, 3.05) is 0 Å². The molecule has 1 aromatic heterocycles. The van der Waals surface area contributed by atoms with Gasteiger partial charge in [-0.25, -0.2) is 0 Å². The first-order chi connectivity index (χ1) is 11.9. The van der Waals surface area contributed by atoms with Crippen LogP contribution in [0, 0.1) is 0 Å². The zero-order valence-corrected chi connectivity index (χ0v) is 14.3. The van der Waals surface area contributed by atoms with Crippen molar-refractivity contribution in [3.8, 4) is 22.4 Å². The fourth-order valence-corrected chi connectivity index (χ4v) is 3.90. The van der Waals surface area contributed by atoms with E-state index in [0.29, 0.717) is 0 Å². The molecule has 24 heavy (non-hydrogen) atoms. The number of hydrogen-bond acceptors (Lipinski definition) is 1. The van der Waals surface area contributed by atoms with Gasteiger partial charge in [0.15, 0.2) is 0 Å². The molecular formula is C23H23N. The molecule has 0 spiro atoms. The van der Waals surface area contributed by atoms with Crippen LogP contribution in [0.2, 0.25) is 0 Å². The van der Waals surface area contributed by atoms with Crippen LogP contribution in [0.4, 0.5) is 0 Å². The number of benzene rings is 2. The first kappa shape index (κ1) is 15.1. The molecule has 0 saturated heterocycles. The van der Waals surface area contributed by atoms with Crippen LogP contribution < -0.4 is 0 Å². The van der Waals surface area contributed by atoms with E-state index >= 15 is 0 Å². The highest BCUT2D eigenvalue weighted by molar-refractivity contribution is 5.84. The Bertz CT molecular complexity index is 835. The molecule has 1 aliphatic rings. The van der Waals surface area contributed by atoms with Gasteiger partial charge in [-0.1, -0.05) is 74.0 Å². The van der Waals surface area contributed by atoms with Gasteiger partial charge >= 0.3 is 0 Å². The zero-order valence-electron chi connectivity index (χ0n) is 14.3. The Morgan fingerprint density at radius 2 is 1.42 bits per heavy atom. The standard InChI is InChI=1S/C23H23N/c1-2-10-21-19-15-9-16-20(19)22(17-11-5-3-6-12-17)23(24-21)18-13-7-4-8-14-18/h3-8,11-14H,2,9-10,15-16H2,1H3. The molecule has 120 valence electrons. The molecule has 1 nitrogen and oxygen atoms in total. The molecule has 0 aliphatic heterocycles. The highest BCUT2D eigenvalue weighted by Crippen LogP contribution is 2.40. The van der Waals surface area contributed by atoms with Gasteiger partial charge in [0.25, 0.3) is 0 Å². The monoisotopic (exact) mass is 313 g/mol. The summed E-state index contributed by atoms with van der Waals surface area (Å²) in [4.78, 5) is 5.18. The Kier molecular flexibility index (Phi) is 4.17. The van der Waals surface area contributed by atoms with Gasteiger partial charge in [0.2, 0.25) is 0 Å². The van der Waals surface area contributed by atoms with Crippen molar-refractivity contribution in [3.63, 3.8) is 0 Å². The van der Waals surface area contributed by atoms with E-state index in [1.165, 1.54) is 47.2 Å². The van der Waals surface area contributed by atoms with E-state index in [1.54, 1.807) is 5.56 Å². The lowest BCUT2D eigenvalue weighted by atomic mass is 9.91. The highest BCUT2D eigenvalue weighted by atomic mass is 14.7. The lowest BCUT2D eigenvalue weighted by Gasteiger charge is -2.18. The topological polar surface area (TPSA) is 12.9 Å². The Morgan fingerprint density at radius 3 is 2.08 bits per heavy atom. The minimum absolute atomic E-state index is 1.08. The molecule has 4 rings (SSSR count). The van der Waals surface area contributed by atoms with Gasteiger partial charge in [0, 0.05) is 16.8 Å². The third kappa shape index (κ3) is 2.65. The molecule has 0 atom stereocenters. The molecule has 3 aromatic rings. The summed E-state index contributed by atoms with van der Waals surface area (Å²) in [5.74, 6) is 0. The molecular weight excluding hydrogens is 290 g/mol. The second-order valence-electron chi connectivity index (χ2n) is 6.57. The predicted molar refractivity (Wildman–Crippen MR) is 101 cm³/mol. The summed E-state index contributed by atoms with van der Waals surface area (Å²) in [6.45, 7) is 2.25. The Morgan fingerprint density at radius 1 is 0.792 bits per heavy atom. The van der Waals surface area contributed by atoms with Gasteiger partial charge in [0.1, 0.15) is 0 Å². The Labute approximate surface area is 144 Å². The van der Waals surface area contributed by atoms with Crippen LogP contribution >= 0.6 is 0 Å². The van der Waals surface area contributed by atoms with E-state index in [-0.39, 0.29) is 0 Å². The van der Waals surface area contributed by atoms with Crippen LogP contribution in [-0.4, -0.2) is 4.98 Å². The lowest BCUT2D eigenvalue weighted by Crippen LogP contribution is -2.03. The van der Waals surface area contributed by atoms with E-state index in [0.717, 1.165) is 18.5 Å². The molecule has 0 fully saturated rings. The summed E-state index contributed by atoms with van der Waals surface area (Å²) in [6.07, 6.45) is 5.85.